The Morgan fingerprint density at radius 3 is 2.62 bits per heavy atom. The molecule has 2 atom stereocenters. The third kappa shape index (κ3) is 4.43. The van der Waals surface area contributed by atoms with Crippen molar-refractivity contribution in [2.24, 2.45) is 0 Å². The lowest BCUT2D eigenvalue weighted by Gasteiger charge is -2.16. The number of nitrogens with one attached hydrogen (secondary N) is 1. The lowest BCUT2D eigenvalue weighted by Crippen LogP contribution is -2.16. The third-order valence-corrected chi connectivity index (χ3v) is 4.18. The minimum Gasteiger partial charge on any atom is -0.313 e. The van der Waals surface area contributed by atoms with Gasteiger partial charge in [-0.3, -0.25) is 4.68 Å². The van der Waals surface area contributed by atoms with Crippen LogP contribution >= 0.6 is 0 Å². The highest BCUT2D eigenvalue weighted by molar-refractivity contribution is 5.18. The average Bonchev–Trinajstić information content (AvgIpc) is 3.00. The Morgan fingerprint density at radius 1 is 1.19 bits per heavy atom. The van der Waals surface area contributed by atoms with Gasteiger partial charge in [0.25, 0.3) is 0 Å². The molecular formula is C18H27N3. The first kappa shape index (κ1) is 15.8. The number of hydrogen-bond donors (Lipinski definition) is 1. The highest BCUT2D eigenvalue weighted by atomic mass is 15.3. The fraction of sp³-hybridized carbons (Fsp3) is 0.500. The molecular weight excluding hydrogens is 258 g/mol. The van der Waals surface area contributed by atoms with Gasteiger partial charge in [0, 0.05) is 18.3 Å². The molecule has 0 radical (unpaired) electrons. The summed E-state index contributed by atoms with van der Waals surface area (Å²) in [5, 5.41) is 8.08. The minimum absolute atomic E-state index is 0.433. The molecule has 1 heterocycles. The van der Waals surface area contributed by atoms with E-state index in [1.165, 1.54) is 11.3 Å². The maximum absolute atomic E-state index is 4.67. The van der Waals surface area contributed by atoms with Crippen molar-refractivity contribution >= 4 is 0 Å². The summed E-state index contributed by atoms with van der Waals surface area (Å²) in [5.41, 5.74) is 2.57. The number of hydrogen-bond acceptors (Lipinski definition) is 2. The standard InChI is InChI=1S/C18H27N3/c1-4-15(2)21-14-13-17(20-21)11-8-12-18(19-3)16-9-6-5-7-10-16/h5-7,9-10,13-15,18-19H,4,8,11-12H2,1-3H3. The molecule has 2 unspecified atom stereocenters. The van der Waals surface area contributed by atoms with Gasteiger partial charge < -0.3 is 5.32 Å². The van der Waals surface area contributed by atoms with Crippen molar-refractivity contribution in [1.29, 1.82) is 0 Å². The highest BCUT2D eigenvalue weighted by Gasteiger charge is 2.09. The molecule has 3 nitrogen and oxygen atoms in total. The van der Waals surface area contributed by atoms with E-state index in [1.54, 1.807) is 0 Å². The van der Waals surface area contributed by atoms with Gasteiger partial charge in [-0.05, 0) is 51.3 Å². The van der Waals surface area contributed by atoms with Crippen molar-refractivity contribution in [2.75, 3.05) is 7.05 Å². The van der Waals surface area contributed by atoms with Crippen LogP contribution < -0.4 is 5.32 Å². The molecule has 3 heteroatoms. The molecule has 0 spiro atoms. The zero-order valence-electron chi connectivity index (χ0n) is 13.4. The molecule has 1 aromatic carbocycles. The second-order valence-electron chi connectivity index (χ2n) is 5.69. The Balaban J connectivity index is 1.84. The Morgan fingerprint density at radius 2 is 1.95 bits per heavy atom. The number of nitrogens with zero attached hydrogens (tertiary/aromatic N) is 2. The molecule has 114 valence electrons. The predicted octanol–water partition coefficient (Wildman–Crippen LogP) is 4.14. The molecule has 1 N–H and O–H groups in total. The second-order valence-corrected chi connectivity index (χ2v) is 5.69. The molecule has 0 aliphatic carbocycles. The van der Waals surface area contributed by atoms with E-state index in [-0.39, 0.29) is 0 Å². The maximum atomic E-state index is 4.67. The Labute approximate surface area is 128 Å². The van der Waals surface area contributed by atoms with Crippen LogP contribution in [-0.4, -0.2) is 16.8 Å². The van der Waals surface area contributed by atoms with Crippen LogP contribution in [-0.2, 0) is 6.42 Å². The first-order chi connectivity index (χ1) is 10.2. The maximum Gasteiger partial charge on any atom is 0.0624 e. The van der Waals surface area contributed by atoms with E-state index in [0.29, 0.717) is 12.1 Å². The second kappa shape index (κ2) is 7.99. The van der Waals surface area contributed by atoms with Crippen LogP contribution in [0.15, 0.2) is 42.6 Å². The summed E-state index contributed by atoms with van der Waals surface area (Å²) in [6, 6.07) is 13.7. The average molecular weight is 285 g/mol. The van der Waals surface area contributed by atoms with E-state index >= 15 is 0 Å². The van der Waals surface area contributed by atoms with Gasteiger partial charge in [-0.15, -0.1) is 0 Å². The smallest absolute Gasteiger partial charge is 0.0624 e. The topological polar surface area (TPSA) is 29.9 Å². The Hall–Kier alpha value is -1.61. The van der Waals surface area contributed by atoms with Crippen LogP contribution in [0, 0.1) is 0 Å². The van der Waals surface area contributed by atoms with Gasteiger partial charge in [-0.25, -0.2) is 0 Å². The van der Waals surface area contributed by atoms with Gasteiger partial charge >= 0.3 is 0 Å². The molecule has 2 aromatic rings. The highest BCUT2D eigenvalue weighted by Crippen LogP contribution is 2.19. The molecule has 0 bridgehead atoms. The molecule has 21 heavy (non-hydrogen) atoms. The lowest BCUT2D eigenvalue weighted by molar-refractivity contribution is 0.470. The normalized spacial score (nSPS) is 14.0. The Kier molecular flexibility index (Phi) is 6.00. The van der Waals surface area contributed by atoms with Gasteiger partial charge in [-0.2, -0.15) is 5.10 Å². The van der Waals surface area contributed by atoms with E-state index in [0.717, 1.165) is 25.7 Å². The van der Waals surface area contributed by atoms with Crippen molar-refractivity contribution in [3.05, 3.63) is 53.9 Å². The van der Waals surface area contributed by atoms with Crippen molar-refractivity contribution in [1.82, 2.24) is 15.1 Å². The number of rotatable bonds is 8. The van der Waals surface area contributed by atoms with Crippen LogP contribution in [0.5, 0.6) is 0 Å². The number of aryl methyl sites for hydroxylation is 1. The quantitative estimate of drug-likeness (QED) is 0.790. The molecule has 1 aromatic heterocycles. The van der Waals surface area contributed by atoms with Gasteiger partial charge in [0.2, 0.25) is 0 Å². The van der Waals surface area contributed by atoms with Gasteiger partial charge in [-0.1, -0.05) is 37.3 Å². The summed E-state index contributed by atoms with van der Waals surface area (Å²) >= 11 is 0. The van der Waals surface area contributed by atoms with Gasteiger partial charge in [0.05, 0.1) is 5.69 Å². The van der Waals surface area contributed by atoms with Crippen LogP contribution in [0.1, 0.15) is 56.5 Å². The summed E-state index contributed by atoms with van der Waals surface area (Å²) in [6.45, 7) is 4.41. The lowest BCUT2D eigenvalue weighted by atomic mass is 10.0. The largest absolute Gasteiger partial charge is 0.313 e. The van der Waals surface area contributed by atoms with E-state index in [4.69, 9.17) is 0 Å². The fourth-order valence-electron chi connectivity index (χ4n) is 2.59. The van der Waals surface area contributed by atoms with Crippen LogP contribution in [0.25, 0.3) is 0 Å². The molecule has 0 saturated carbocycles. The first-order valence-electron chi connectivity index (χ1n) is 8.00. The molecule has 0 aliphatic heterocycles. The van der Waals surface area contributed by atoms with Crippen LogP contribution in [0.3, 0.4) is 0 Å². The molecule has 0 aliphatic rings. The molecule has 0 saturated heterocycles. The van der Waals surface area contributed by atoms with Gasteiger partial charge in [0.15, 0.2) is 0 Å². The summed E-state index contributed by atoms with van der Waals surface area (Å²) in [6.07, 6.45) is 6.57. The summed E-state index contributed by atoms with van der Waals surface area (Å²) < 4.78 is 2.09. The predicted molar refractivity (Wildman–Crippen MR) is 88.4 cm³/mol. The van der Waals surface area contributed by atoms with Gasteiger partial charge in [0.1, 0.15) is 0 Å². The summed E-state index contributed by atoms with van der Waals surface area (Å²) in [5.74, 6) is 0. The Bertz CT molecular complexity index is 518. The molecule has 0 fully saturated rings. The van der Waals surface area contributed by atoms with Crippen molar-refractivity contribution in [3.63, 3.8) is 0 Å². The van der Waals surface area contributed by atoms with Crippen LogP contribution in [0.4, 0.5) is 0 Å². The monoisotopic (exact) mass is 285 g/mol. The molecule has 0 amide bonds. The summed E-state index contributed by atoms with van der Waals surface area (Å²) in [7, 11) is 2.04. The third-order valence-electron chi connectivity index (χ3n) is 4.18. The van der Waals surface area contributed by atoms with E-state index in [2.05, 4.69) is 71.5 Å². The number of benzene rings is 1. The summed E-state index contributed by atoms with van der Waals surface area (Å²) in [4.78, 5) is 0. The molecule has 2 rings (SSSR count). The fourth-order valence-corrected chi connectivity index (χ4v) is 2.59. The zero-order valence-corrected chi connectivity index (χ0v) is 13.4. The zero-order chi connectivity index (χ0) is 15.1. The first-order valence-corrected chi connectivity index (χ1v) is 8.00. The van der Waals surface area contributed by atoms with Crippen LogP contribution in [0.2, 0.25) is 0 Å². The van der Waals surface area contributed by atoms with E-state index in [9.17, 15) is 0 Å². The van der Waals surface area contributed by atoms with E-state index < -0.39 is 0 Å². The van der Waals surface area contributed by atoms with E-state index in [1.807, 2.05) is 7.05 Å². The van der Waals surface area contributed by atoms with Crippen molar-refractivity contribution in [3.8, 4) is 0 Å². The van der Waals surface area contributed by atoms with Crippen molar-refractivity contribution < 1.29 is 0 Å². The van der Waals surface area contributed by atoms with Crippen molar-refractivity contribution in [2.45, 2.75) is 51.6 Å². The minimum atomic E-state index is 0.433. The number of aromatic nitrogens is 2. The SMILES string of the molecule is CCC(C)n1ccc(CCCC(NC)c2ccccc2)n1.